The molecular formula is C33H44N2Ni. The summed E-state index contributed by atoms with van der Waals surface area (Å²) in [6.45, 7) is 10.7. The van der Waals surface area contributed by atoms with E-state index in [9.17, 15) is 0 Å². The molecule has 0 bridgehead atoms. The van der Waals surface area contributed by atoms with Gasteiger partial charge in [0.2, 0.25) is 0 Å². The van der Waals surface area contributed by atoms with Crippen molar-refractivity contribution in [2.75, 3.05) is 0 Å². The van der Waals surface area contributed by atoms with Crippen LogP contribution in [-0.4, -0.2) is 10.7 Å². The third-order valence-electron chi connectivity index (χ3n) is 5.81. The van der Waals surface area contributed by atoms with Crippen LogP contribution in [0.3, 0.4) is 0 Å². The van der Waals surface area contributed by atoms with Gasteiger partial charge in [-0.2, -0.15) is 0 Å². The summed E-state index contributed by atoms with van der Waals surface area (Å²) in [4.78, 5) is 3.17. The van der Waals surface area contributed by atoms with Crippen molar-refractivity contribution in [1.29, 1.82) is 0 Å². The first-order valence-electron chi connectivity index (χ1n) is 12.3. The molecule has 0 aromatic heterocycles. The number of allylic oxidation sites excluding steroid dienone is 4. The number of nitrogens with zero attached hydrogens (tertiary/aromatic N) is 2. The normalized spacial score (nSPS) is 11.0. The van der Waals surface area contributed by atoms with Crippen LogP contribution in [0.5, 0.6) is 0 Å². The SMILES string of the molecule is CC=Cc1cc(C=CC)cc(C(=C(C=C=[N+]=[N-])CCCCC)c2cc(CC)cc(CC)c2)c1.[CH3-].[CH3-].[Ni+2]. The van der Waals surface area contributed by atoms with Gasteiger partial charge in [0.25, 0.3) is 5.87 Å². The summed E-state index contributed by atoms with van der Waals surface area (Å²) < 4.78 is 0. The van der Waals surface area contributed by atoms with Gasteiger partial charge in [-0.3, -0.25) is 0 Å². The average molecular weight is 527 g/mol. The Labute approximate surface area is 231 Å². The Hall–Kier alpha value is -2.69. The minimum atomic E-state index is 0. The zero-order valence-corrected chi connectivity index (χ0v) is 24.3. The maximum absolute atomic E-state index is 9.14. The predicted octanol–water partition coefficient (Wildman–Crippen LogP) is 9.61. The van der Waals surface area contributed by atoms with Crippen molar-refractivity contribution in [3.63, 3.8) is 0 Å². The van der Waals surface area contributed by atoms with Gasteiger partial charge in [0.15, 0.2) is 0 Å². The Bertz CT molecular complexity index is 1060. The Balaban J connectivity index is 0. The van der Waals surface area contributed by atoms with E-state index in [1.807, 2.05) is 19.9 Å². The van der Waals surface area contributed by atoms with E-state index in [2.05, 4.69) is 92.1 Å². The minimum absolute atomic E-state index is 0. The zero-order valence-electron chi connectivity index (χ0n) is 23.3. The van der Waals surface area contributed by atoms with Crippen LogP contribution in [0.25, 0.3) is 23.3 Å². The summed E-state index contributed by atoms with van der Waals surface area (Å²) in [6.07, 6.45) is 16.6. The smallest absolute Gasteiger partial charge is 0.358 e. The van der Waals surface area contributed by atoms with Gasteiger partial charge >= 0.3 is 16.5 Å². The average Bonchev–Trinajstić information content (AvgIpc) is 2.82. The number of rotatable bonds is 11. The second kappa shape index (κ2) is 19.5. The Morgan fingerprint density at radius 1 is 0.806 bits per heavy atom. The molecule has 2 aromatic rings. The fourth-order valence-corrected chi connectivity index (χ4v) is 4.19. The van der Waals surface area contributed by atoms with Crippen molar-refractivity contribution in [3.05, 3.63) is 114 Å². The van der Waals surface area contributed by atoms with Crippen molar-refractivity contribution in [2.45, 2.75) is 73.1 Å². The summed E-state index contributed by atoms with van der Waals surface area (Å²) in [5.74, 6) is 2.70. The van der Waals surface area contributed by atoms with E-state index in [0.29, 0.717) is 0 Å². The Morgan fingerprint density at radius 2 is 1.33 bits per heavy atom. The second-order valence-corrected chi connectivity index (χ2v) is 8.36. The molecule has 0 amide bonds. The number of aryl methyl sites for hydroxylation is 2. The van der Waals surface area contributed by atoms with Crippen LogP contribution >= 0.6 is 0 Å². The fraction of sp³-hybridized carbons (Fsp3) is 0.333. The topological polar surface area (TPSA) is 36.4 Å². The van der Waals surface area contributed by atoms with E-state index < -0.39 is 0 Å². The molecule has 0 radical (unpaired) electrons. The second-order valence-electron chi connectivity index (χ2n) is 8.36. The molecule has 0 aliphatic carbocycles. The van der Waals surface area contributed by atoms with Crippen LogP contribution < -0.4 is 0 Å². The molecule has 196 valence electrons. The molecule has 0 heterocycles. The number of benzene rings is 2. The molecule has 0 unspecified atom stereocenters. The maximum atomic E-state index is 9.14. The summed E-state index contributed by atoms with van der Waals surface area (Å²) in [7, 11) is 0. The molecule has 0 N–H and O–H groups in total. The van der Waals surface area contributed by atoms with Crippen LogP contribution in [0, 0.1) is 14.9 Å². The van der Waals surface area contributed by atoms with Crippen LogP contribution in [0.15, 0.2) is 60.2 Å². The number of unbranched alkanes of at least 4 members (excludes halogenated alkanes) is 2. The zero-order chi connectivity index (χ0) is 24.1. The van der Waals surface area contributed by atoms with Gasteiger partial charge in [-0.15, -0.1) is 4.79 Å². The van der Waals surface area contributed by atoms with Gasteiger partial charge in [0.05, 0.1) is 6.08 Å². The van der Waals surface area contributed by atoms with Crippen molar-refractivity contribution in [2.24, 2.45) is 0 Å². The van der Waals surface area contributed by atoms with E-state index in [4.69, 9.17) is 5.53 Å². The molecule has 3 heteroatoms. The molecule has 0 aliphatic rings. The molecular weight excluding hydrogens is 483 g/mol. The van der Waals surface area contributed by atoms with Crippen LogP contribution in [0.2, 0.25) is 0 Å². The van der Waals surface area contributed by atoms with Crippen molar-refractivity contribution in [3.8, 4) is 0 Å². The monoisotopic (exact) mass is 526 g/mol. The molecule has 36 heavy (non-hydrogen) atoms. The number of hydrogen-bond donors (Lipinski definition) is 0. The molecule has 0 aliphatic heterocycles. The maximum Gasteiger partial charge on any atom is 2.00 e. The van der Waals surface area contributed by atoms with E-state index >= 15 is 0 Å². The van der Waals surface area contributed by atoms with Crippen molar-refractivity contribution >= 4 is 23.6 Å². The van der Waals surface area contributed by atoms with Crippen molar-refractivity contribution < 1.29 is 21.3 Å². The van der Waals surface area contributed by atoms with Crippen LogP contribution in [0.1, 0.15) is 93.7 Å². The molecule has 2 aromatic carbocycles. The van der Waals surface area contributed by atoms with Gasteiger partial charge in [-0.05, 0) is 102 Å². The van der Waals surface area contributed by atoms with Gasteiger partial charge in [0.1, 0.15) is 0 Å². The van der Waals surface area contributed by atoms with Gasteiger partial charge in [-0.25, -0.2) is 0 Å². The third-order valence-corrected chi connectivity index (χ3v) is 5.81. The molecule has 0 fully saturated rings. The minimum Gasteiger partial charge on any atom is -0.358 e. The first kappa shape index (κ1) is 35.5. The largest absolute Gasteiger partial charge is 2.00 e. The Kier molecular flexibility index (Phi) is 19.2. The fourth-order valence-electron chi connectivity index (χ4n) is 4.19. The molecule has 0 atom stereocenters. The van der Waals surface area contributed by atoms with E-state index in [1.54, 1.807) is 0 Å². The summed E-state index contributed by atoms with van der Waals surface area (Å²) >= 11 is 0. The van der Waals surface area contributed by atoms with Gasteiger partial charge in [0, 0.05) is 0 Å². The quantitative estimate of drug-likeness (QED) is 0.0531. The van der Waals surface area contributed by atoms with E-state index in [1.165, 1.54) is 45.4 Å². The van der Waals surface area contributed by atoms with Gasteiger partial charge < -0.3 is 20.4 Å². The van der Waals surface area contributed by atoms with E-state index in [0.717, 1.165) is 37.7 Å². The van der Waals surface area contributed by atoms with Crippen LogP contribution in [-0.2, 0) is 29.3 Å². The molecule has 2 nitrogen and oxygen atoms in total. The van der Waals surface area contributed by atoms with Crippen LogP contribution in [0.4, 0.5) is 0 Å². The first-order valence-corrected chi connectivity index (χ1v) is 12.3. The first-order chi connectivity index (χ1) is 16.1. The Morgan fingerprint density at radius 3 is 1.78 bits per heavy atom. The van der Waals surface area contributed by atoms with Crippen molar-refractivity contribution in [1.82, 2.24) is 0 Å². The molecule has 2 rings (SSSR count). The number of hydrogen-bond acceptors (Lipinski definition) is 0. The summed E-state index contributed by atoms with van der Waals surface area (Å²) in [5.41, 5.74) is 18.9. The predicted molar refractivity (Wildman–Crippen MR) is 157 cm³/mol. The molecule has 0 saturated heterocycles. The molecule has 0 saturated carbocycles. The standard InChI is InChI=1S/C31H38N2.2CH3.Ni/c1-6-11-12-15-28(16-17-33-32)31(29-20-24(9-4)18-25(10-5)21-29)30-22-26(13-7-2)19-27(23-30)14-8-3;;;/h7-8,13-14,16,18-23H,6,9-12,15H2,1-5H3;2*1H3;/q;2*-1;+2. The van der Waals surface area contributed by atoms with Gasteiger partial charge in [-0.1, -0.05) is 76.1 Å². The summed E-state index contributed by atoms with van der Waals surface area (Å²) in [6, 6.07) is 13.7. The third kappa shape index (κ3) is 10.5. The van der Waals surface area contributed by atoms with E-state index in [-0.39, 0.29) is 31.3 Å². The summed E-state index contributed by atoms with van der Waals surface area (Å²) in [5, 5.41) is 0. The molecule has 0 spiro atoms.